The Bertz CT molecular complexity index is 856. The molecule has 3 amide bonds. The molecule has 0 fully saturated rings. The van der Waals surface area contributed by atoms with Crippen LogP contribution in [0.4, 0.5) is 5.69 Å². The fraction of sp³-hybridized carbons (Fsp3) is 0.250. The lowest BCUT2D eigenvalue weighted by molar-refractivity contribution is -0.140. The lowest BCUT2D eigenvalue weighted by Crippen LogP contribution is -2.53. The SMILES string of the molecule is CN1C(=O)[C@@H](NC(=O)C(=O)NCCOc2ccccc2)COc2ccccc21. The first-order valence-electron chi connectivity index (χ1n) is 8.82. The maximum absolute atomic E-state index is 12.6. The molecule has 2 aromatic carbocycles. The van der Waals surface area contributed by atoms with Gasteiger partial charge in [-0.1, -0.05) is 30.3 Å². The Morgan fingerprint density at radius 1 is 1.11 bits per heavy atom. The highest BCUT2D eigenvalue weighted by molar-refractivity contribution is 6.35. The molecule has 0 bridgehead atoms. The van der Waals surface area contributed by atoms with Crippen molar-refractivity contribution in [3.8, 4) is 11.5 Å². The Balaban J connectivity index is 1.48. The summed E-state index contributed by atoms with van der Waals surface area (Å²) in [6.45, 7) is 0.310. The number of para-hydroxylation sites is 3. The number of carbonyl (C=O) groups excluding carboxylic acids is 3. The number of nitrogens with zero attached hydrogens (tertiary/aromatic N) is 1. The molecule has 2 N–H and O–H groups in total. The minimum Gasteiger partial charge on any atom is -0.492 e. The molecule has 0 saturated heterocycles. The topological polar surface area (TPSA) is 97.0 Å². The van der Waals surface area contributed by atoms with Gasteiger partial charge < -0.3 is 25.0 Å². The molecular weight excluding hydrogens is 362 g/mol. The number of fused-ring (bicyclic) bond motifs is 1. The molecular formula is C20H21N3O5. The molecule has 28 heavy (non-hydrogen) atoms. The van der Waals surface area contributed by atoms with E-state index in [0.29, 0.717) is 17.2 Å². The summed E-state index contributed by atoms with van der Waals surface area (Å²) >= 11 is 0. The molecule has 8 heteroatoms. The number of anilines is 1. The van der Waals surface area contributed by atoms with Gasteiger partial charge in [0.2, 0.25) is 0 Å². The lowest BCUT2D eigenvalue weighted by Gasteiger charge is -2.20. The molecule has 146 valence electrons. The largest absolute Gasteiger partial charge is 0.492 e. The van der Waals surface area contributed by atoms with Crippen molar-refractivity contribution in [2.24, 2.45) is 0 Å². The first-order chi connectivity index (χ1) is 13.6. The first-order valence-corrected chi connectivity index (χ1v) is 8.82. The average molecular weight is 383 g/mol. The molecule has 0 saturated carbocycles. The summed E-state index contributed by atoms with van der Waals surface area (Å²) in [5, 5.41) is 4.88. The Labute approximate surface area is 162 Å². The van der Waals surface area contributed by atoms with Crippen LogP contribution in [0.5, 0.6) is 11.5 Å². The van der Waals surface area contributed by atoms with Gasteiger partial charge in [0.15, 0.2) is 0 Å². The molecule has 0 spiro atoms. The zero-order chi connectivity index (χ0) is 19.9. The number of hydrogen-bond donors (Lipinski definition) is 2. The third-order valence-electron chi connectivity index (χ3n) is 4.17. The normalized spacial score (nSPS) is 15.7. The second-order valence-corrected chi connectivity index (χ2v) is 6.12. The van der Waals surface area contributed by atoms with Gasteiger partial charge >= 0.3 is 11.8 Å². The molecule has 1 heterocycles. The monoisotopic (exact) mass is 383 g/mol. The van der Waals surface area contributed by atoms with Crippen LogP contribution >= 0.6 is 0 Å². The second kappa shape index (κ2) is 8.90. The average Bonchev–Trinajstić information content (AvgIpc) is 2.84. The molecule has 1 atom stereocenters. The van der Waals surface area contributed by atoms with Gasteiger partial charge in [0.25, 0.3) is 5.91 Å². The Kier molecular flexibility index (Phi) is 6.11. The van der Waals surface area contributed by atoms with E-state index in [1.54, 1.807) is 43.4 Å². The fourth-order valence-corrected chi connectivity index (χ4v) is 2.71. The zero-order valence-corrected chi connectivity index (χ0v) is 15.4. The van der Waals surface area contributed by atoms with Crippen molar-refractivity contribution in [3.63, 3.8) is 0 Å². The maximum atomic E-state index is 12.6. The Morgan fingerprint density at radius 3 is 2.61 bits per heavy atom. The summed E-state index contributed by atoms with van der Waals surface area (Å²) in [7, 11) is 1.59. The number of benzene rings is 2. The van der Waals surface area contributed by atoms with Crippen LogP contribution < -0.4 is 25.0 Å². The number of hydrogen-bond acceptors (Lipinski definition) is 5. The third kappa shape index (κ3) is 4.59. The minimum atomic E-state index is -0.962. The molecule has 1 aliphatic heterocycles. The second-order valence-electron chi connectivity index (χ2n) is 6.12. The van der Waals surface area contributed by atoms with Gasteiger partial charge in [0, 0.05) is 7.05 Å². The summed E-state index contributed by atoms with van der Waals surface area (Å²) < 4.78 is 11.0. The molecule has 0 radical (unpaired) electrons. The molecule has 8 nitrogen and oxygen atoms in total. The van der Waals surface area contributed by atoms with Gasteiger partial charge in [-0.15, -0.1) is 0 Å². The summed E-state index contributed by atoms with van der Waals surface area (Å²) in [5.41, 5.74) is 0.603. The molecule has 0 aliphatic carbocycles. The van der Waals surface area contributed by atoms with E-state index in [2.05, 4.69) is 10.6 Å². The predicted octanol–water partition coefficient (Wildman–Crippen LogP) is 0.722. The van der Waals surface area contributed by atoms with Crippen LogP contribution in [0, 0.1) is 0 Å². The highest BCUT2D eigenvalue weighted by atomic mass is 16.5. The van der Waals surface area contributed by atoms with Gasteiger partial charge in [-0.25, -0.2) is 0 Å². The Morgan fingerprint density at radius 2 is 1.82 bits per heavy atom. The molecule has 0 unspecified atom stereocenters. The van der Waals surface area contributed by atoms with Crippen LogP contribution in [0.3, 0.4) is 0 Å². The van der Waals surface area contributed by atoms with Gasteiger partial charge in [0.05, 0.1) is 12.2 Å². The molecule has 1 aliphatic rings. The van der Waals surface area contributed by atoms with E-state index in [1.165, 1.54) is 4.90 Å². The van der Waals surface area contributed by atoms with E-state index >= 15 is 0 Å². The van der Waals surface area contributed by atoms with Gasteiger partial charge in [0.1, 0.15) is 30.8 Å². The number of amides is 3. The van der Waals surface area contributed by atoms with Crippen molar-refractivity contribution >= 4 is 23.4 Å². The van der Waals surface area contributed by atoms with Crippen molar-refractivity contribution < 1.29 is 23.9 Å². The number of likely N-dealkylation sites (N-methyl/N-ethyl adjacent to an activating group) is 1. The molecule has 0 aromatic heterocycles. The summed E-state index contributed by atoms with van der Waals surface area (Å²) in [5.74, 6) is -0.893. The van der Waals surface area contributed by atoms with Crippen LogP contribution in [0.2, 0.25) is 0 Å². The quantitative estimate of drug-likeness (QED) is 0.586. The zero-order valence-electron chi connectivity index (χ0n) is 15.4. The van der Waals surface area contributed by atoms with Crippen LogP contribution in [0.25, 0.3) is 0 Å². The lowest BCUT2D eigenvalue weighted by atomic mass is 10.2. The summed E-state index contributed by atoms with van der Waals surface area (Å²) in [4.78, 5) is 38.1. The van der Waals surface area contributed by atoms with Crippen LogP contribution in [0.1, 0.15) is 0 Å². The summed E-state index contributed by atoms with van der Waals surface area (Å²) in [6.07, 6.45) is 0. The van der Waals surface area contributed by atoms with E-state index in [4.69, 9.17) is 9.47 Å². The number of rotatable bonds is 5. The predicted molar refractivity (Wildman–Crippen MR) is 102 cm³/mol. The first kappa shape index (κ1) is 19.2. The third-order valence-corrected chi connectivity index (χ3v) is 4.17. The molecule has 2 aromatic rings. The minimum absolute atomic E-state index is 0.0592. The van der Waals surface area contributed by atoms with E-state index in [1.807, 2.05) is 18.2 Å². The van der Waals surface area contributed by atoms with Crippen molar-refractivity contribution in [1.82, 2.24) is 10.6 Å². The standard InChI is InChI=1S/C20H21N3O5/c1-23-16-9-5-6-10-17(16)28-13-15(20(23)26)22-19(25)18(24)21-11-12-27-14-7-3-2-4-8-14/h2-10,15H,11-13H2,1H3,(H,21,24)(H,22,25)/t15-/m0/s1. The van der Waals surface area contributed by atoms with E-state index in [9.17, 15) is 14.4 Å². The Hall–Kier alpha value is -3.55. The summed E-state index contributed by atoms with van der Waals surface area (Å²) in [6, 6.07) is 15.2. The van der Waals surface area contributed by atoms with Gasteiger partial charge in [-0.05, 0) is 24.3 Å². The van der Waals surface area contributed by atoms with Crippen molar-refractivity contribution in [3.05, 3.63) is 54.6 Å². The van der Waals surface area contributed by atoms with Crippen LogP contribution in [0.15, 0.2) is 54.6 Å². The number of nitrogens with one attached hydrogen (secondary N) is 2. The highest BCUT2D eigenvalue weighted by Crippen LogP contribution is 2.29. The van der Waals surface area contributed by atoms with E-state index in [0.717, 1.165) is 0 Å². The fourth-order valence-electron chi connectivity index (χ4n) is 2.71. The van der Waals surface area contributed by atoms with E-state index < -0.39 is 17.9 Å². The van der Waals surface area contributed by atoms with E-state index in [-0.39, 0.29) is 25.7 Å². The molecule has 3 rings (SSSR count). The smallest absolute Gasteiger partial charge is 0.310 e. The van der Waals surface area contributed by atoms with Crippen molar-refractivity contribution in [1.29, 1.82) is 0 Å². The van der Waals surface area contributed by atoms with Crippen LogP contribution in [-0.4, -0.2) is 50.6 Å². The maximum Gasteiger partial charge on any atom is 0.310 e. The van der Waals surface area contributed by atoms with Crippen LogP contribution in [-0.2, 0) is 14.4 Å². The van der Waals surface area contributed by atoms with Gasteiger partial charge in [-0.3, -0.25) is 14.4 Å². The van der Waals surface area contributed by atoms with Gasteiger partial charge in [-0.2, -0.15) is 0 Å². The van der Waals surface area contributed by atoms with Crippen molar-refractivity contribution in [2.75, 3.05) is 31.7 Å². The van der Waals surface area contributed by atoms with Crippen molar-refractivity contribution in [2.45, 2.75) is 6.04 Å². The number of ether oxygens (including phenoxy) is 2. The highest BCUT2D eigenvalue weighted by Gasteiger charge is 2.31. The number of carbonyl (C=O) groups is 3.